The summed E-state index contributed by atoms with van der Waals surface area (Å²) in [5.74, 6) is -1.60. The molecule has 3 rings (SSSR count). The molecule has 2 aromatic carbocycles. The first-order valence-electron chi connectivity index (χ1n) is 8.04. The van der Waals surface area contributed by atoms with Crippen LogP contribution >= 0.6 is 0 Å². The van der Waals surface area contributed by atoms with Gasteiger partial charge in [0, 0.05) is 12.1 Å². The lowest BCUT2D eigenvalue weighted by Gasteiger charge is -2.10. The van der Waals surface area contributed by atoms with Gasteiger partial charge in [-0.3, -0.25) is 30.1 Å². The van der Waals surface area contributed by atoms with Crippen molar-refractivity contribution in [3.63, 3.8) is 0 Å². The van der Waals surface area contributed by atoms with Gasteiger partial charge in [-0.25, -0.2) is 0 Å². The maximum Gasteiger partial charge on any atom is 0.433 e. The minimum absolute atomic E-state index is 0.0962. The third-order valence-corrected chi connectivity index (χ3v) is 3.93. The van der Waals surface area contributed by atoms with Crippen molar-refractivity contribution < 1.29 is 27.8 Å². The van der Waals surface area contributed by atoms with E-state index in [1.54, 1.807) is 6.07 Å². The van der Waals surface area contributed by atoms with E-state index in [1.165, 1.54) is 24.3 Å². The van der Waals surface area contributed by atoms with E-state index >= 15 is 0 Å². The molecule has 0 unspecified atom stereocenters. The highest BCUT2D eigenvalue weighted by Gasteiger charge is 2.38. The van der Waals surface area contributed by atoms with Crippen molar-refractivity contribution in [1.29, 1.82) is 0 Å². The molecule has 0 fully saturated rings. The number of aromatic nitrogens is 2. The van der Waals surface area contributed by atoms with Gasteiger partial charge >= 0.3 is 6.18 Å². The van der Waals surface area contributed by atoms with Crippen LogP contribution in [0.4, 0.5) is 30.4 Å². The van der Waals surface area contributed by atoms with Crippen LogP contribution in [0.25, 0.3) is 11.1 Å². The molecule has 0 spiro atoms. The van der Waals surface area contributed by atoms with Crippen LogP contribution in [0.1, 0.15) is 16.1 Å². The van der Waals surface area contributed by atoms with E-state index in [0.717, 1.165) is 12.1 Å². The van der Waals surface area contributed by atoms with Gasteiger partial charge in [0.1, 0.15) is 5.69 Å². The zero-order valence-electron chi connectivity index (χ0n) is 14.6. The second-order valence-corrected chi connectivity index (χ2v) is 5.89. The largest absolute Gasteiger partial charge is 0.433 e. The number of nitrogens with zero attached hydrogens (tertiary/aromatic N) is 3. The Kier molecular flexibility index (Phi) is 5.19. The first-order chi connectivity index (χ1) is 14.1. The number of alkyl halides is 3. The summed E-state index contributed by atoms with van der Waals surface area (Å²) in [6.07, 6.45) is -4.81. The molecule has 0 saturated heterocycles. The molecule has 1 amide bonds. The van der Waals surface area contributed by atoms with Gasteiger partial charge in [0.15, 0.2) is 5.82 Å². The molecule has 0 saturated carbocycles. The number of amides is 1. The lowest BCUT2D eigenvalue weighted by Crippen LogP contribution is -2.14. The Bertz CT molecular complexity index is 1110. The second-order valence-electron chi connectivity index (χ2n) is 5.89. The summed E-state index contributed by atoms with van der Waals surface area (Å²) in [6, 6.07) is 9.47. The van der Waals surface area contributed by atoms with Crippen LogP contribution in [0, 0.1) is 20.2 Å². The summed E-state index contributed by atoms with van der Waals surface area (Å²) in [5, 5.41) is 29.4. The Morgan fingerprint density at radius 2 is 1.57 bits per heavy atom. The topological polar surface area (TPSA) is 144 Å². The lowest BCUT2D eigenvalue weighted by molar-refractivity contribution is -0.394. The van der Waals surface area contributed by atoms with Crippen molar-refractivity contribution in [2.45, 2.75) is 6.18 Å². The molecule has 1 heterocycles. The fourth-order valence-corrected chi connectivity index (χ4v) is 2.64. The normalized spacial score (nSPS) is 11.2. The Hall–Kier alpha value is -4.29. The predicted molar refractivity (Wildman–Crippen MR) is 96.7 cm³/mol. The Labute approximate surface area is 164 Å². The standard InChI is InChI=1S/C17H10F3N5O5/c18-17(19,20)14-13(9-4-2-1-3-5-9)15(23-22-14)21-16(26)10-6-11(24(27)28)8-12(7-10)25(29)30/h1-8H,(H2,21,22,23,26). The molecular weight excluding hydrogens is 411 g/mol. The Morgan fingerprint density at radius 3 is 2.07 bits per heavy atom. The summed E-state index contributed by atoms with van der Waals surface area (Å²) >= 11 is 0. The number of aromatic amines is 1. The monoisotopic (exact) mass is 421 g/mol. The van der Waals surface area contributed by atoms with E-state index in [-0.39, 0.29) is 5.56 Å². The number of anilines is 1. The van der Waals surface area contributed by atoms with Gasteiger partial charge in [0.2, 0.25) is 0 Å². The molecule has 10 nitrogen and oxygen atoms in total. The maximum atomic E-state index is 13.4. The summed E-state index contributed by atoms with van der Waals surface area (Å²) in [4.78, 5) is 32.6. The molecule has 0 aliphatic carbocycles. The average Bonchev–Trinajstić information content (AvgIpc) is 3.12. The summed E-state index contributed by atoms with van der Waals surface area (Å²) in [6.45, 7) is 0. The van der Waals surface area contributed by atoms with Gasteiger partial charge in [0.05, 0.1) is 27.0 Å². The fraction of sp³-hybridized carbons (Fsp3) is 0.0588. The van der Waals surface area contributed by atoms with Crippen LogP contribution in [0.3, 0.4) is 0 Å². The second kappa shape index (κ2) is 7.62. The molecule has 3 aromatic rings. The molecule has 2 N–H and O–H groups in total. The number of halogens is 3. The van der Waals surface area contributed by atoms with Gasteiger partial charge in [-0.1, -0.05) is 30.3 Å². The predicted octanol–water partition coefficient (Wildman–Crippen LogP) is 4.16. The molecular formula is C17H10F3N5O5. The molecule has 13 heteroatoms. The number of hydrogen-bond acceptors (Lipinski definition) is 6. The number of H-pyrrole nitrogens is 1. The molecule has 0 bridgehead atoms. The van der Waals surface area contributed by atoms with Gasteiger partial charge < -0.3 is 5.32 Å². The van der Waals surface area contributed by atoms with Crippen molar-refractivity contribution in [2.24, 2.45) is 0 Å². The molecule has 0 atom stereocenters. The summed E-state index contributed by atoms with van der Waals surface area (Å²) in [7, 11) is 0. The number of rotatable bonds is 5. The van der Waals surface area contributed by atoms with E-state index in [0.29, 0.717) is 6.07 Å². The first kappa shape index (κ1) is 20.4. The van der Waals surface area contributed by atoms with Crippen molar-refractivity contribution in [3.8, 4) is 11.1 Å². The summed E-state index contributed by atoms with van der Waals surface area (Å²) in [5.41, 5.74) is -3.51. The highest BCUT2D eigenvalue weighted by Crippen LogP contribution is 2.39. The number of nitro benzene ring substituents is 2. The third kappa shape index (κ3) is 4.09. The molecule has 154 valence electrons. The van der Waals surface area contributed by atoms with E-state index in [2.05, 4.69) is 10.4 Å². The average molecular weight is 421 g/mol. The summed E-state index contributed by atoms with van der Waals surface area (Å²) < 4.78 is 40.1. The number of carbonyl (C=O) groups is 1. The molecule has 0 aliphatic rings. The maximum absolute atomic E-state index is 13.4. The van der Waals surface area contributed by atoms with E-state index < -0.39 is 55.9 Å². The minimum atomic E-state index is -4.81. The highest BCUT2D eigenvalue weighted by atomic mass is 19.4. The van der Waals surface area contributed by atoms with Crippen LogP contribution in [-0.2, 0) is 6.18 Å². The van der Waals surface area contributed by atoms with Crippen molar-refractivity contribution in [1.82, 2.24) is 10.2 Å². The van der Waals surface area contributed by atoms with E-state index in [9.17, 15) is 38.2 Å². The van der Waals surface area contributed by atoms with Crippen molar-refractivity contribution >= 4 is 23.1 Å². The molecule has 0 radical (unpaired) electrons. The highest BCUT2D eigenvalue weighted by molar-refractivity contribution is 6.06. The van der Waals surface area contributed by atoms with Gasteiger partial charge in [-0.05, 0) is 5.56 Å². The van der Waals surface area contributed by atoms with Crippen LogP contribution in [0.15, 0.2) is 48.5 Å². The third-order valence-electron chi connectivity index (χ3n) is 3.93. The number of nitrogens with one attached hydrogen (secondary N) is 2. The van der Waals surface area contributed by atoms with E-state index in [4.69, 9.17) is 0 Å². The van der Waals surface area contributed by atoms with E-state index in [1.807, 2.05) is 5.10 Å². The van der Waals surface area contributed by atoms with Gasteiger partial charge in [0.25, 0.3) is 17.3 Å². The fourth-order valence-electron chi connectivity index (χ4n) is 2.64. The molecule has 30 heavy (non-hydrogen) atoms. The Morgan fingerprint density at radius 1 is 1.00 bits per heavy atom. The quantitative estimate of drug-likeness (QED) is 0.467. The first-order valence-corrected chi connectivity index (χ1v) is 8.04. The number of non-ortho nitro benzene ring substituents is 2. The van der Waals surface area contributed by atoms with Crippen LogP contribution in [0.5, 0.6) is 0 Å². The minimum Gasteiger partial charge on any atom is -0.305 e. The van der Waals surface area contributed by atoms with Gasteiger partial charge in [-0.15, -0.1) is 0 Å². The molecule has 1 aromatic heterocycles. The number of nitro groups is 2. The zero-order valence-corrected chi connectivity index (χ0v) is 14.6. The Balaban J connectivity index is 2.05. The van der Waals surface area contributed by atoms with Crippen LogP contribution in [0.2, 0.25) is 0 Å². The molecule has 0 aliphatic heterocycles. The lowest BCUT2D eigenvalue weighted by atomic mass is 10.0. The van der Waals surface area contributed by atoms with Crippen LogP contribution in [-0.4, -0.2) is 26.0 Å². The van der Waals surface area contributed by atoms with Crippen LogP contribution < -0.4 is 5.32 Å². The SMILES string of the molecule is O=C(Nc1n[nH]c(C(F)(F)F)c1-c1ccccc1)c1cc([N+](=O)[O-])cc([N+](=O)[O-])c1. The van der Waals surface area contributed by atoms with Crippen molar-refractivity contribution in [3.05, 3.63) is 80.0 Å². The smallest absolute Gasteiger partial charge is 0.305 e. The number of hydrogen-bond donors (Lipinski definition) is 2. The van der Waals surface area contributed by atoms with Crippen molar-refractivity contribution in [2.75, 3.05) is 5.32 Å². The number of benzene rings is 2. The zero-order chi connectivity index (χ0) is 22.1. The van der Waals surface area contributed by atoms with Gasteiger partial charge in [-0.2, -0.15) is 18.3 Å². The number of carbonyl (C=O) groups excluding carboxylic acids is 1.